The van der Waals surface area contributed by atoms with Gasteiger partial charge >= 0.3 is 6.03 Å². The highest BCUT2D eigenvalue weighted by molar-refractivity contribution is 5.74. The zero-order valence-electron chi connectivity index (χ0n) is 14.3. The third-order valence-electron chi connectivity index (χ3n) is 4.62. The van der Waals surface area contributed by atoms with Gasteiger partial charge in [-0.05, 0) is 25.7 Å². The second-order valence-corrected chi connectivity index (χ2v) is 6.64. The molecule has 2 aliphatic heterocycles. The average Bonchev–Trinajstić information content (AvgIpc) is 3.11. The molecule has 3 heterocycles. The van der Waals surface area contributed by atoms with Crippen LogP contribution in [0.15, 0.2) is 6.20 Å². The van der Waals surface area contributed by atoms with Gasteiger partial charge in [0.25, 0.3) is 0 Å². The Bertz CT molecular complexity index is 582. The van der Waals surface area contributed by atoms with Crippen molar-refractivity contribution in [3.05, 3.63) is 12.0 Å². The predicted molar refractivity (Wildman–Crippen MR) is 90.7 cm³/mol. The molecule has 0 spiro atoms. The summed E-state index contributed by atoms with van der Waals surface area (Å²) in [5, 5.41) is 3.27. The molecule has 132 valence electrons. The number of urea groups is 1. The van der Waals surface area contributed by atoms with Crippen molar-refractivity contribution >= 4 is 17.8 Å². The van der Waals surface area contributed by atoms with Gasteiger partial charge in [0.15, 0.2) is 11.6 Å². The SMILES string of the molecule is CN(C)c1nc(NC2CCN(C(=O)N3CCCC3)CC2)ncc1F. The number of hydrogen-bond donors (Lipinski definition) is 1. The number of nitrogens with zero attached hydrogens (tertiary/aromatic N) is 5. The Hall–Kier alpha value is -2.12. The number of aromatic nitrogens is 2. The lowest BCUT2D eigenvalue weighted by atomic mass is 10.1. The molecule has 0 bridgehead atoms. The van der Waals surface area contributed by atoms with Gasteiger partial charge in [-0.3, -0.25) is 0 Å². The summed E-state index contributed by atoms with van der Waals surface area (Å²) in [7, 11) is 3.50. The molecule has 2 aliphatic rings. The van der Waals surface area contributed by atoms with Crippen molar-refractivity contribution in [1.82, 2.24) is 19.8 Å². The monoisotopic (exact) mass is 336 g/mol. The van der Waals surface area contributed by atoms with E-state index in [1.807, 2.05) is 9.80 Å². The fourth-order valence-electron chi connectivity index (χ4n) is 3.25. The smallest absolute Gasteiger partial charge is 0.319 e. The minimum absolute atomic E-state index is 0.166. The number of nitrogens with one attached hydrogen (secondary N) is 1. The van der Waals surface area contributed by atoms with Crippen molar-refractivity contribution in [2.45, 2.75) is 31.7 Å². The van der Waals surface area contributed by atoms with Crippen LogP contribution in [-0.2, 0) is 0 Å². The molecule has 2 saturated heterocycles. The maximum Gasteiger partial charge on any atom is 0.319 e. The summed E-state index contributed by atoms with van der Waals surface area (Å²) in [6, 6.07) is 0.368. The normalized spacial score (nSPS) is 18.8. The van der Waals surface area contributed by atoms with Crippen LogP contribution < -0.4 is 10.2 Å². The van der Waals surface area contributed by atoms with Gasteiger partial charge in [-0.25, -0.2) is 14.2 Å². The number of carbonyl (C=O) groups is 1. The molecule has 0 saturated carbocycles. The topological polar surface area (TPSA) is 64.6 Å². The van der Waals surface area contributed by atoms with Crippen LogP contribution in [0.1, 0.15) is 25.7 Å². The van der Waals surface area contributed by atoms with E-state index in [1.54, 1.807) is 19.0 Å². The molecule has 8 heteroatoms. The van der Waals surface area contributed by atoms with Crippen LogP contribution in [-0.4, -0.2) is 72.1 Å². The number of anilines is 2. The third-order valence-corrected chi connectivity index (χ3v) is 4.62. The Kier molecular flexibility index (Phi) is 5.01. The molecule has 0 aromatic carbocycles. The van der Waals surface area contributed by atoms with Crippen LogP contribution in [0.25, 0.3) is 0 Å². The third kappa shape index (κ3) is 3.68. The Morgan fingerprint density at radius 2 is 1.83 bits per heavy atom. The Labute approximate surface area is 141 Å². The lowest BCUT2D eigenvalue weighted by Crippen LogP contribution is -2.47. The maximum absolute atomic E-state index is 13.6. The van der Waals surface area contributed by atoms with Crippen LogP contribution in [0.3, 0.4) is 0 Å². The highest BCUT2D eigenvalue weighted by atomic mass is 19.1. The first-order valence-corrected chi connectivity index (χ1v) is 8.55. The van der Waals surface area contributed by atoms with Gasteiger partial charge in [-0.15, -0.1) is 0 Å². The minimum Gasteiger partial charge on any atom is -0.360 e. The number of carbonyl (C=O) groups excluding carboxylic acids is 1. The fraction of sp³-hybridized carbons (Fsp3) is 0.688. The van der Waals surface area contributed by atoms with E-state index in [2.05, 4.69) is 15.3 Å². The molecule has 0 radical (unpaired) electrons. The van der Waals surface area contributed by atoms with E-state index in [9.17, 15) is 9.18 Å². The van der Waals surface area contributed by atoms with Crippen LogP contribution in [0.5, 0.6) is 0 Å². The van der Waals surface area contributed by atoms with Crippen molar-refractivity contribution in [2.24, 2.45) is 0 Å². The van der Waals surface area contributed by atoms with Crippen molar-refractivity contribution < 1.29 is 9.18 Å². The quantitative estimate of drug-likeness (QED) is 0.911. The summed E-state index contributed by atoms with van der Waals surface area (Å²) in [5.74, 6) is 0.273. The van der Waals surface area contributed by atoms with Gasteiger partial charge in [0.05, 0.1) is 6.20 Å². The predicted octanol–water partition coefficient (Wildman–Crippen LogP) is 1.77. The summed E-state index contributed by atoms with van der Waals surface area (Å²) in [6.07, 6.45) is 5.10. The first kappa shape index (κ1) is 16.7. The molecular formula is C16H25FN6O. The van der Waals surface area contributed by atoms with E-state index in [0.717, 1.165) is 51.9 Å². The standard InChI is InChI=1S/C16H25FN6O/c1-21(2)14-13(17)11-18-15(20-14)19-12-5-9-23(10-6-12)16(24)22-7-3-4-8-22/h11-12H,3-10H2,1-2H3,(H,18,19,20). The fourth-order valence-corrected chi connectivity index (χ4v) is 3.25. The first-order chi connectivity index (χ1) is 11.5. The van der Waals surface area contributed by atoms with Gasteiger partial charge in [-0.1, -0.05) is 0 Å². The number of hydrogen-bond acceptors (Lipinski definition) is 5. The average molecular weight is 336 g/mol. The van der Waals surface area contributed by atoms with Crippen LogP contribution >= 0.6 is 0 Å². The summed E-state index contributed by atoms with van der Waals surface area (Å²) in [6.45, 7) is 3.23. The summed E-state index contributed by atoms with van der Waals surface area (Å²) in [4.78, 5) is 26.1. The molecule has 24 heavy (non-hydrogen) atoms. The van der Waals surface area contributed by atoms with E-state index >= 15 is 0 Å². The lowest BCUT2D eigenvalue weighted by molar-refractivity contribution is 0.150. The van der Waals surface area contributed by atoms with Crippen molar-refractivity contribution in [3.63, 3.8) is 0 Å². The minimum atomic E-state index is -0.434. The van der Waals surface area contributed by atoms with Gasteiger partial charge in [0, 0.05) is 46.3 Å². The zero-order chi connectivity index (χ0) is 17.1. The molecule has 1 N–H and O–H groups in total. The molecule has 3 rings (SSSR count). The second kappa shape index (κ2) is 7.19. The van der Waals surface area contributed by atoms with Crippen LogP contribution in [0, 0.1) is 5.82 Å². The largest absolute Gasteiger partial charge is 0.360 e. The summed E-state index contributed by atoms with van der Waals surface area (Å²) in [5.41, 5.74) is 0. The van der Waals surface area contributed by atoms with E-state index in [-0.39, 0.29) is 17.9 Å². The summed E-state index contributed by atoms with van der Waals surface area (Å²) >= 11 is 0. The Morgan fingerprint density at radius 1 is 1.21 bits per heavy atom. The van der Waals surface area contributed by atoms with Crippen LogP contribution in [0.2, 0.25) is 0 Å². The number of amides is 2. The Morgan fingerprint density at radius 3 is 2.46 bits per heavy atom. The van der Waals surface area contributed by atoms with Crippen LogP contribution in [0.4, 0.5) is 21.0 Å². The van der Waals surface area contributed by atoms with Crippen molar-refractivity contribution in [1.29, 1.82) is 0 Å². The van der Waals surface area contributed by atoms with Gasteiger partial charge in [-0.2, -0.15) is 4.98 Å². The highest BCUT2D eigenvalue weighted by Crippen LogP contribution is 2.20. The highest BCUT2D eigenvalue weighted by Gasteiger charge is 2.28. The maximum atomic E-state index is 13.6. The zero-order valence-corrected chi connectivity index (χ0v) is 14.3. The second-order valence-electron chi connectivity index (χ2n) is 6.64. The summed E-state index contributed by atoms with van der Waals surface area (Å²) < 4.78 is 13.6. The van der Waals surface area contributed by atoms with E-state index in [0.29, 0.717) is 5.95 Å². The number of rotatable bonds is 3. The molecule has 7 nitrogen and oxygen atoms in total. The van der Waals surface area contributed by atoms with E-state index in [4.69, 9.17) is 0 Å². The molecule has 1 aromatic rings. The molecule has 0 atom stereocenters. The van der Waals surface area contributed by atoms with Crippen molar-refractivity contribution in [2.75, 3.05) is 50.5 Å². The molecule has 0 aliphatic carbocycles. The number of halogens is 1. The molecule has 0 unspecified atom stereocenters. The number of likely N-dealkylation sites (tertiary alicyclic amines) is 2. The number of piperidine rings is 1. The van der Waals surface area contributed by atoms with Gasteiger partial charge < -0.3 is 20.0 Å². The molecule has 1 aromatic heterocycles. The van der Waals surface area contributed by atoms with E-state index < -0.39 is 5.82 Å². The van der Waals surface area contributed by atoms with Crippen molar-refractivity contribution in [3.8, 4) is 0 Å². The molecular weight excluding hydrogens is 311 g/mol. The van der Waals surface area contributed by atoms with Gasteiger partial charge in [0.2, 0.25) is 5.95 Å². The van der Waals surface area contributed by atoms with E-state index in [1.165, 1.54) is 6.20 Å². The Balaban J connectivity index is 1.54. The van der Waals surface area contributed by atoms with Gasteiger partial charge in [0.1, 0.15) is 0 Å². The first-order valence-electron chi connectivity index (χ1n) is 8.55. The molecule has 2 amide bonds. The molecule has 2 fully saturated rings. The lowest BCUT2D eigenvalue weighted by Gasteiger charge is -2.34.